The van der Waals surface area contributed by atoms with Crippen molar-refractivity contribution < 1.29 is 27.9 Å². The van der Waals surface area contributed by atoms with Crippen LogP contribution in [-0.2, 0) is 9.53 Å². The van der Waals surface area contributed by atoms with Gasteiger partial charge in [0.05, 0.1) is 38.0 Å². The molecule has 10 nitrogen and oxygen atoms in total. The number of hydrogen-bond acceptors (Lipinski definition) is 7. The first-order valence-electron chi connectivity index (χ1n) is 13.2. The SMILES string of the molecule is COc1ccccc1NC(=O)N(CCN1CCOCC1)CC(=O)N1N=C(c2ccc(F)cc2)CC1c1ccco1. The smallest absolute Gasteiger partial charge is 0.322 e. The summed E-state index contributed by atoms with van der Waals surface area (Å²) < 4.78 is 30.0. The lowest BCUT2D eigenvalue weighted by Gasteiger charge is -2.31. The van der Waals surface area contributed by atoms with Crippen molar-refractivity contribution in [1.82, 2.24) is 14.8 Å². The molecule has 1 aromatic heterocycles. The Kier molecular flexibility index (Phi) is 8.72. The molecule has 0 radical (unpaired) electrons. The third-order valence-electron chi connectivity index (χ3n) is 6.97. The molecular weight excluding hydrogens is 517 g/mol. The second kappa shape index (κ2) is 12.8. The van der Waals surface area contributed by atoms with Crippen molar-refractivity contribution in [1.29, 1.82) is 0 Å². The van der Waals surface area contributed by atoms with Gasteiger partial charge in [0.25, 0.3) is 5.91 Å². The van der Waals surface area contributed by atoms with E-state index in [0.717, 1.165) is 13.1 Å². The van der Waals surface area contributed by atoms with Gasteiger partial charge >= 0.3 is 6.03 Å². The van der Waals surface area contributed by atoms with E-state index in [9.17, 15) is 14.0 Å². The van der Waals surface area contributed by atoms with Crippen LogP contribution in [0.2, 0.25) is 0 Å². The van der Waals surface area contributed by atoms with Crippen LogP contribution in [0.15, 0.2) is 76.4 Å². The Bertz CT molecular complexity index is 1320. The molecule has 2 aliphatic rings. The van der Waals surface area contributed by atoms with Crippen molar-refractivity contribution in [3.8, 4) is 5.75 Å². The fraction of sp³-hybridized carbons (Fsp3) is 0.345. The third kappa shape index (κ3) is 6.49. The minimum Gasteiger partial charge on any atom is -0.495 e. The van der Waals surface area contributed by atoms with Crippen molar-refractivity contribution in [3.05, 3.63) is 84.1 Å². The normalized spacial score (nSPS) is 17.4. The minimum atomic E-state index is -0.485. The Balaban J connectivity index is 1.37. The molecule has 1 N–H and O–H groups in total. The van der Waals surface area contributed by atoms with Gasteiger partial charge in [-0.15, -0.1) is 0 Å². The van der Waals surface area contributed by atoms with Crippen LogP contribution < -0.4 is 10.1 Å². The maximum absolute atomic E-state index is 13.8. The second-order valence-electron chi connectivity index (χ2n) is 9.53. The van der Waals surface area contributed by atoms with Gasteiger partial charge in [-0.1, -0.05) is 24.3 Å². The fourth-order valence-electron chi connectivity index (χ4n) is 4.78. The molecule has 0 spiro atoms. The molecule has 3 aromatic rings. The topological polar surface area (TPSA) is 99.9 Å². The zero-order valence-corrected chi connectivity index (χ0v) is 22.3. The second-order valence-corrected chi connectivity index (χ2v) is 9.53. The Morgan fingerprint density at radius 2 is 1.88 bits per heavy atom. The van der Waals surface area contributed by atoms with Crippen LogP contribution in [0.5, 0.6) is 5.75 Å². The number of rotatable bonds is 9. The zero-order chi connectivity index (χ0) is 27.9. The molecular formula is C29H32FN5O5. The third-order valence-corrected chi connectivity index (χ3v) is 6.97. The molecule has 0 saturated carbocycles. The van der Waals surface area contributed by atoms with Crippen LogP contribution in [0.1, 0.15) is 23.8 Å². The van der Waals surface area contributed by atoms with Crippen LogP contribution in [-0.4, -0.2) is 85.5 Å². The van der Waals surface area contributed by atoms with E-state index in [4.69, 9.17) is 13.9 Å². The number of para-hydroxylation sites is 2. The minimum absolute atomic E-state index is 0.206. The highest BCUT2D eigenvalue weighted by Gasteiger charge is 2.36. The highest BCUT2D eigenvalue weighted by atomic mass is 19.1. The van der Waals surface area contributed by atoms with Crippen LogP contribution in [0.4, 0.5) is 14.9 Å². The maximum atomic E-state index is 13.8. The molecule has 40 heavy (non-hydrogen) atoms. The average Bonchev–Trinajstić information content (AvgIpc) is 3.67. The van der Waals surface area contributed by atoms with Crippen molar-refractivity contribution in [3.63, 3.8) is 0 Å². The molecule has 2 aliphatic heterocycles. The summed E-state index contributed by atoms with van der Waals surface area (Å²) in [5.41, 5.74) is 1.85. The van der Waals surface area contributed by atoms with Gasteiger partial charge in [-0.3, -0.25) is 9.69 Å². The van der Waals surface area contributed by atoms with Crippen LogP contribution in [0, 0.1) is 5.82 Å². The Hall–Kier alpha value is -4.22. The van der Waals surface area contributed by atoms with Gasteiger partial charge in [-0.2, -0.15) is 5.10 Å². The predicted octanol–water partition coefficient (Wildman–Crippen LogP) is 3.97. The summed E-state index contributed by atoms with van der Waals surface area (Å²) in [6, 6.07) is 15.7. The van der Waals surface area contributed by atoms with E-state index in [1.54, 1.807) is 48.7 Å². The molecule has 3 heterocycles. The number of furan rings is 1. The average molecular weight is 550 g/mol. The van der Waals surface area contributed by atoms with Gasteiger partial charge in [-0.25, -0.2) is 14.2 Å². The molecule has 5 rings (SSSR count). The zero-order valence-electron chi connectivity index (χ0n) is 22.3. The number of ether oxygens (including phenoxy) is 2. The van der Waals surface area contributed by atoms with Gasteiger partial charge < -0.3 is 24.1 Å². The number of hydrazone groups is 1. The van der Waals surface area contributed by atoms with E-state index in [1.165, 1.54) is 29.2 Å². The highest BCUT2D eigenvalue weighted by Crippen LogP contribution is 2.33. The summed E-state index contributed by atoms with van der Waals surface area (Å²) in [5.74, 6) is 0.374. The van der Waals surface area contributed by atoms with Crippen LogP contribution in [0.25, 0.3) is 0 Å². The van der Waals surface area contributed by atoms with E-state index in [-0.39, 0.29) is 18.3 Å². The molecule has 11 heteroatoms. The molecule has 1 fully saturated rings. The van der Waals surface area contributed by atoms with E-state index >= 15 is 0 Å². The standard InChI is InChI=1S/C29H32FN5O5/c1-38-26-6-3-2-5-23(26)31-29(37)34(13-12-33-14-17-39-18-15-33)20-28(36)35-25(27-7-4-16-40-27)19-24(32-35)21-8-10-22(30)11-9-21/h2-11,16,25H,12-15,17-20H2,1H3,(H,31,37). The van der Waals surface area contributed by atoms with Crippen molar-refractivity contribution in [2.45, 2.75) is 12.5 Å². The number of benzene rings is 2. The monoisotopic (exact) mass is 549 g/mol. The number of morpholine rings is 1. The van der Waals surface area contributed by atoms with Crippen molar-refractivity contribution in [2.75, 3.05) is 58.4 Å². The number of amides is 3. The summed E-state index contributed by atoms with van der Waals surface area (Å²) in [7, 11) is 1.53. The number of methoxy groups -OCH3 is 1. The van der Waals surface area contributed by atoms with Gasteiger partial charge in [0.2, 0.25) is 0 Å². The predicted molar refractivity (Wildman–Crippen MR) is 147 cm³/mol. The lowest BCUT2D eigenvalue weighted by molar-refractivity contribution is -0.134. The van der Waals surface area contributed by atoms with Gasteiger partial charge in [-0.05, 0) is 42.0 Å². The highest BCUT2D eigenvalue weighted by molar-refractivity contribution is 6.03. The largest absolute Gasteiger partial charge is 0.495 e. The number of anilines is 1. The molecule has 0 bridgehead atoms. The summed E-state index contributed by atoms with van der Waals surface area (Å²) >= 11 is 0. The number of carbonyl (C=O) groups excluding carboxylic acids is 2. The molecule has 1 atom stereocenters. The summed E-state index contributed by atoms with van der Waals surface area (Å²) in [5, 5.41) is 8.86. The maximum Gasteiger partial charge on any atom is 0.322 e. The number of nitrogens with one attached hydrogen (secondary N) is 1. The molecule has 210 valence electrons. The number of carbonyl (C=O) groups is 2. The number of hydrogen-bond donors (Lipinski definition) is 1. The molecule has 3 amide bonds. The Morgan fingerprint density at radius 3 is 2.60 bits per heavy atom. The van der Waals surface area contributed by atoms with Crippen molar-refractivity contribution in [2.24, 2.45) is 5.10 Å². The fourth-order valence-corrected chi connectivity index (χ4v) is 4.78. The molecule has 0 aliphatic carbocycles. The first-order valence-corrected chi connectivity index (χ1v) is 13.2. The van der Waals surface area contributed by atoms with Crippen LogP contribution >= 0.6 is 0 Å². The van der Waals surface area contributed by atoms with E-state index in [0.29, 0.717) is 61.2 Å². The molecule has 1 unspecified atom stereocenters. The lowest BCUT2D eigenvalue weighted by Crippen LogP contribution is -2.47. The van der Waals surface area contributed by atoms with E-state index in [2.05, 4.69) is 15.3 Å². The van der Waals surface area contributed by atoms with E-state index < -0.39 is 12.1 Å². The number of urea groups is 1. The number of halogens is 1. The first kappa shape index (κ1) is 27.4. The summed E-state index contributed by atoms with van der Waals surface area (Å²) in [4.78, 5) is 30.9. The molecule has 1 saturated heterocycles. The Labute approximate surface area is 231 Å². The Morgan fingerprint density at radius 1 is 1.10 bits per heavy atom. The van der Waals surface area contributed by atoms with Crippen LogP contribution in [0.3, 0.4) is 0 Å². The molecule has 2 aromatic carbocycles. The number of nitrogens with zero attached hydrogens (tertiary/aromatic N) is 4. The van der Waals surface area contributed by atoms with E-state index in [1.807, 2.05) is 6.07 Å². The lowest BCUT2D eigenvalue weighted by atomic mass is 10.0. The van der Waals surface area contributed by atoms with Gasteiger partial charge in [0.1, 0.15) is 29.9 Å². The first-order chi connectivity index (χ1) is 19.5. The summed E-state index contributed by atoms with van der Waals surface area (Å²) in [6.45, 7) is 3.48. The van der Waals surface area contributed by atoms with Gasteiger partial charge in [0, 0.05) is 32.6 Å². The van der Waals surface area contributed by atoms with Crippen molar-refractivity contribution >= 4 is 23.3 Å². The summed E-state index contributed by atoms with van der Waals surface area (Å²) in [6.07, 6.45) is 1.94. The quantitative estimate of drug-likeness (QED) is 0.434. The van der Waals surface area contributed by atoms with Gasteiger partial charge in [0.15, 0.2) is 0 Å².